The number of ether oxygens (including phenoxy) is 2. The molecule has 1 atom stereocenters. The summed E-state index contributed by atoms with van der Waals surface area (Å²) in [6, 6.07) is 6.26. The van der Waals surface area contributed by atoms with Gasteiger partial charge in [-0.1, -0.05) is 25.3 Å². The highest BCUT2D eigenvalue weighted by Crippen LogP contribution is 2.40. The topological polar surface area (TPSA) is 38.8 Å². The van der Waals surface area contributed by atoms with E-state index in [-0.39, 0.29) is 0 Å². The molecule has 1 aromatic carbocycles. The Morgan fingerprint density at radius 1 is 1.08 bits per heavy atom. The highest BCUT2D eigenvalue weighted by molar-refractivity contribution is 7.99. The zero-order valence-electron chi connectivity index (χ0n) is 14.7. The number of hydrogen-bond donors (Lipinski definition) is 0. The van der Waals surface area contributed by atoms with Crippen LogP contribution < -0.4 is 9.47 Å². The molecule has 1 saturated carbocycles. The minimum atomic E-state index is 0.319. The molecule has 4 nitrogen and oxygen atoms in total. The minimum Gasteiger partial charge on any atom is -0.454 e. The van der Waals surface area contributed by atoms with E-state index < -0.39 is 0 Å². The summed E-state index contributed by atoms with van der Waals surface area (Å²) in [6.07, 6.45) is 8.23. The molecule has 1 amide bonds. The molecule has 1 unspecified atom stereocenters. The number of benzene rings is 1. The smallest absolute Gasteiger partial charge is 0.231 e. The maximum Gasteiger partial charge on any atom is 0.231 e. The first-order valence-corrected chi connectivity index (χ1v) is 10.6. The number of carbonyl (C=O) groups excluding carboxylic acids is 1. The molecule has 1 saturated heterocycles. The van der Waals surface area contributed by atoms with Gasteiger partial charge in [-0.2, -0.15) is 11.8 Å². The summed E-state index contributed by atoms with van der Waals surface area (Å²) in [7, 11) is 0. The lowest BCUT2D eigenvalue weighted by atomic mass is 9.86. The van der Waals surface area contributed by atoms with Crippen molar-refractivity contribution in [1.29, 1.82) is 0 Å². The van der Waals surface area contributed by atoms with Gasteiger partial charge in [0.1, 0.15) is 0 Å². The quantitative estimate of drug-likeness (QED) is 0.800. The van der Waals surface area contributed by atoms with Gasteiger partial charge in [-0.25, -0.2) is 0 Å². The van der Waals surface area contributed by atoms with Gasteiger partial charge in [0, 0.05) is 30.5 Å². The van der Waals surface area contributed by atoms with Crippen LogP contribution in [0.25, 0.3) is 0 Å². The summed E-state index contributed by atoms with van der Waals surface area (Å²) in [6.45, 7) is 2.08. The molecule has 0 aromatic heterocycles. The fourth-order valence-electron chi connectivity index (χ4n) is 4.17. The lowest BCUT2D eigenvalue weighted by Crippen LogP contribution is -2.34. The van der Waals surface area contributed by atoms with E-state index in [1.54, 1.807) is 0 Å². The van der Waals surface area contributed by atoms with Crippen LogP contribution in [0.3, 0.4) is 0 Å². The third-order valence-electron chi connectivity index (χ3n) is 5.65. The van der Waals surface area contributed by atoms with E-state index in [1.165, 1.54) is 37.7 Å². The van der Waals surface area contributed by atoms with Crippen molar-refractivity contribution in [3.05, 3.63) is 23.8 Å². The normalized spacial score (nSPS) is 24.2. The number of amides is 1. The molecule has 25 heavy (non-hydrogen) atoms. The first-order valence-electron chi connectivity index (χ1n) is 9.58. The lowest BCUT2D eigenvalue weighted by molar-refractivity contribution is -0.132. The number of rotatable bonds is 3. The molecule has 136 valence electrons. The SMILES string of the molecule is O=C(CC1CCCCC1)N1CCSC(c2ccc3c(c2)OCO3)CC1. The molecule has 5 heteroatoms. The van der Waals surface area contributed by atoms with E-state index in [0.29, 0.717) is 23.9 Å². The molecule has 0 N–H and O–H groups in total. The molecule has 0 bridgehead atoms. The Kier molecular flexibility index (Phi) is 5.39. The Hall–Kier alpha value is -1.36. The molecule has 2 aliphatic heterocycles. The van der Waals surface area contributed by atoms with Crippen LogP contribution in [0.15, 0.2) is 18.2 Å². The van der Waals surface area contributed by atoms with Crippen molar-refractivity contribution in [2.75, 3.05) is 25.6 Å². The van der Waals surface area contributed by atoms with Gasteiger partial charge in [-0.3, -0.25) is 4.79 Å². The van der Waals surface area contributed by atoms with E-state index >= 15 is 0 Å². The van der Waals surface area contributed by atoms with Gasteiger partial charge in [0.15, 0.2) is 11.5 Å². The second-order valence-electron chi connectivity index (χ2n) is 7.35. The van der Waals surface area contributed by atoms with Gasteiger partial charge in [-0.15, -0.1) is 0 Å². The van der Waals surface area contributed by atoms with Gasteiger partial charge in [-0.05, 0) is 42.9 Å². The van der Waals surface area contributed by atoms with Gasteiger partial charge < -0.3 is 14.4 Å². The Bertz CT molecular complexity index is 615. The van der Waals surface area contributed by atoms with Gasteiger partial charge in [0.25, 0.3) is 0 Å². The van der Waals surface area contributed by atoms with Crippen molar-refractivity contribution in [2.45, 2.75) is 50.2 Å². The van der Waals surface area contributed by atoms with Crippen LogP contribution >= 0.6 is 11.8 Å². The number of thioether (sulfide) groups is 1. The van der Waals surface area contributed by atoms with Gasteiger partial charge in [0.2, 0.25) is 12.7 Å². The fourth-order valence-corrected chi connectivity index (χ4v) is 5.39. The number of fused-ring (bicyclic) bond motifs is 1. The van der Waals surface area contributed by atoms with Crippen molar-refractivity contribution in [2.24, 2.45) is 5.92 Å². The molecule has 4 rings (SSSR count). The summed E-state index contributed by atoms with van der Waals surface area (Å²) in [4.78, 5) is 14.8. The molecule has 2 heterocycles. The van der Waals surface area contributed by atoms with E-state index in [2.05, 4.69) is 17.0 Å². The predicted octanol–water partition coefficient (Wildman–Crippen LogP) is 4.39. The van der Waals surface area contributed by atoms with Crippen LogP contribution in [-0.2, 0) is 4.79 Å². The Labute approximate surface area is 154 Å². The van der Waals surface area contributed by atoms with Crippen molar-refractivity contribution in [3.8, 4) is 11.5 Å². The molecule has 1 aliphatic carbocycles. The first kappa shape index (κ1) is 17.1. The molecular formula is C20H27NO3S. The van der Waals surface area contributed by atoms with Crippen molar-refractivity contribution in [3.63, 3.8) is 0 Å². The summed E-state index contributed by atoms with van der Waals surface area (Å²) in [5.41, 5.74) is 1.29. The molecule has 2 fully saturated rings. The maximum atomic E-state index is 12.7. The predicted molar refractivity (Wildman–Crippen MR) is 100 cm³/mol. The highest BCUT2D eigenvalue weighted by atomic mass is 32.2. The summed E-state index contributed by atoms with van der Waals surface area (Å²) in [5.74, 6) is 3.70. The standard InChI is InChI=1S/C20H27NO3S/c22-20(12-15-4-2-1-3-5-15)21-9-8-19(25-11-10-21)16-6-7-17-18(13-16)24-14-23-17/h6-7,13,15,19H,1-5,8-12,14H2. The number of nitrogens with zero attached hydrogens (tertiary/aromatic N) is 1. The zero-order chi connectivity index (χ0) is 17.1. The Balaban J connectivity index is 1.34. The zero-order valence-corrected chi connectivity index (χ0v) is 15.6. The summed E-state index contributed by atoms with van der Waals surface area (Å²) in [5, 5.41) is 0.432. The molecule has 3 aliphatic rings. The number of hydrogen-bond acceptors (Lipinski definition) is 4. The van der Waals surface area contributed by atoms with Crippen LogP contribution in [0.2, 0.25) is 0 Å². The van der Waals surface area contributed by atoms with E-state index in [1.807, 2.05) is 17.8 Å². The highest BCUT2D eigenvalue weighted by Gasteiger charge is 2.25. The van der Waals surface area contributed by atoms with Crippen molar-refractivity contribution >= 4 is 17.7 Å². The molecule has 1 aromatic rings. The Morgan fingerprint density at radius 2 is 1.92 bits per heavy atom. The van der Waals surface area contributed by atoms with Gasteiger partial charge in [0.05, 0.1) is 0 Å². The first-order chi connectivity index (χ1) is 12.3. The van der Waals surface area contributed by atoms with E-state index in [9.17, 15) is 4.79 Å². The fraction of sp³-hybridized carbons (Fsp3) is 0.650. The van der Waals surface area contributed by atoms with E-state index in [0.717, 1.165) is 43.2 Å². The molecular weight excluding hydrogens is 334 g/mol. The average molecular weight is 362 g/mol. The maximum absolute atomic E-state index is 12.7. The van der Waals surface area contributed by atoms with Crippen molar-refractivity contribution < 1.29 is 14.3 Å². The number of carbonyl (C=O) groups is 1. The third-order valence-corrected chi connectivity index (χ3v) is 6.98. The molecule has 0 radical (unpaired) electrons. The largest absolute Gasteiger partial charge is 0.454 e. The second kappa shape index (κ2) is 7.90. The van der Waals surface area contributed by atoms with Crippen LogP contribution in [-0.4, -0.2) is 36.4 Å². The van der Waals surface area contributed by atoms with Crippen LogP contribution in [0.5, 0.6) is 11.5 Å². The Morgan fingerprint density at radius 3 is 2.80 bits per heavy atom. The average Bonchev–Trinajstić information content (AvgIpc) is 2.97. The monoisotopic (exact) mass is 361 g/mol. The summed E-state index contributed by atoms with van der Waals surface area (Å²) < 4.78 is 10.9. The second-order valence-corrected chi connectivity index (χ2v) is 8.66. The third kappa shape index (κ3) is 4.08. The van der Waals surface area contributed by atoms with E-state index in [4.69, 9.17) is 9.47 Å². The lowest BCUT2D eigenvalue weighted by Gasteiger charge is -2.26. The minimum absolute atomic E-state index is 0.319. The molecule has 0 spiro atoms. The van der Waals surface area contributed by atoms with Crippen LogP contribution in [0, 0.1) is 5.92 Å². The van der Waals surface area contributed by atoms with Crippen LogP contribution in [0.1, 0.15) is 55.8 Å². The van der Waals surface area contributed by atoms with Crippen molar-refractivity contribution in [1.82, 2.24) is 4.90 Å². The van der Waals surface area contributed by atoms with Crippen LogP contribution in [0.4, 0.5) is 0 Å². The van der Waals surface area contributed by atoms with Gasteiger partial charge >= 0.3 is 0 Å². The summed E-state index contributed by atoms with van der Waals surface area (Å²) >= 11 is 1.96.